The van der Waals surface area contributed by atoms with Gasteiger partial charge in [0, 0.05) is 32.2 Å². The number of carbonyl (C=O) groups is 1. The average Bonchev–Trinajstić information content (AvgIpc) is 2.52. The molecule has 2 unspecified atom stereocenters. The Morgan fingerprint density at radius 3 is 2.56 bits per heavy atom. The van der Waals surface area contributed by atoms with Gasteiger partial charge in [0.05, 0.1) is 5.54 Å². The molecule has 1 aliphatic heterocycles. The van der Waals surface area contributed by atoms with Crippen molar-refractivity contribution in [3.63, 3.8) is 0 Å². The Morgan fingerprint density at radius 2 is 1.83 bits per heavy atom. The molecular weight excluding hydrogens is 226 g/mol. The quantitative estimate of drug-likeness (QED) is 0.714. The number of piperazine rings is 1. The van der Waals surface area contributed by atoms with E-state index in [-0.39, 0.29) is 11.9 Å². The average molecular weight is 253 g/mol. The van der Waals surface area contributed by atoms with E-state index in [2.05, 4.69) is 4.90 Å². The molecule has 1 aliphatic carbocycles. The predicted octanol–water partition coefficient (Wildman–Crippen LogP) is 1.20. The molecule has 2 rings (SSSR count). The lowest BCUT2D eigenvalue weighted by molar-refractivity contribution is -0.150. The standard InChI is InChI=1S/C14H27N3O/c1-14(2)13(18)16(3)9-10-17(14)12-8-6-4-5-7-11(12)15/h11-12H,4-10,15H2,1-3H3. The second-order valence-electron chi connectivity index (χ2n) is 6.35. The van der Waals surface area contributed by atoms with Crippen molar-refractivity contribution in [3.8, 4) is 0 Å². The second-order valence-corrected chi connectivity index (χ2v) is 6.35. The van der Waals surface area contributed by atoms with Crippen LogP contribution in [-0.2, 0) is 4.79 Å². The Morgan fingerprint density at radius 1 is 1.17 bits per heavy atom. The summed E-state index contributed by atoms with van der Waals surface area (Å²) in [6.45, 7) is 5.87. The minimum absolute atomic E-state index is 0.225. The third-order valence-corrected chi connectivity index (χ3v) is 4.70. The van der Waals surface area contributed by atoms with Crippen molar-refractivity contribution in [1.82, 2.24) is 9.80 Å². The first-order valence-corrected chi connectivity index (χ1v) is 7.22. The van der Waals surface area contributed by atoms with Crippen LogP contribution in [0.3, 0.4) is 0 Å². The van der Waals surface area contributed by atoms with E-state index in [1.807, 2.05) is 25.8 Å². The zero-order chi connectivity index (χ0) is 13.3. The van der Waals surface area contributed by atoms with Crippen molar-refractivity contribution in [3.05, 3.63) is 0 Å². The molecule has 0 spiro atoms. The molecule has 4 heteroatoms. The van der Waals surface area contributed by atoms with Crippen molar-refractivity contribution in [2.24, 2.45) is 5.73 Å². The minimum Gasteiger partial charge on any atom is -0.343 e. The number of nitrogens with two attached hydrogens (primary N) is 1. The lowest BCUT2D eigenvalue weighted by Crippen LogP contribution is -2.67. The summed E-state index contributed by atoms with van der Waals surface area (Å²) in [5, 5.41) is 0. The van der Waals surface area contributed by atoms with Crippen LogP contribution < -0.4 is 5.73 Å². The molecule has 0 aromatic heterocycles. The van der Waals surface area contributed by atoms with E-state index < -0.39 is 5.54 Å². The zero-order valence-electron chi connectivity index (χ0n) is 12.0. The van der Waals surface area contributed by atoms with E-state index >= 15 is 0 Å². The van der Waals surface area contributed by atoms with E-state index in [0.717, 1.165) is 25.9 Å². The van der Waals surface area contributed by atoms with Crippen LogP contribution in [0.15, 0.2) is 0 Å². The third-order valence-electron chi connectivity index (χ3n) is 4.70. The first-order valence-electron chi connectivity index (χ1n) is 7.22. The number of hydrogen-bond acceptors (Lipinski definition) is 3. The first kappa shape index (κ1) is 13.8. The van der Waals surface area contributed by atoms with Gasteiger partial charge < -0.3 is 10.6 Å². The van der Waals surface area contributed by atoms with Crippen LogP contribution in [0.25, 0.3) is 0 Å². The monoisotopic (exact) mass is 253 g/mol. The van der Waals surface area contributed by atoms with Crippen molar-refractivity contribution in [1.29, 1.82) is 0 Å². The van der Waals surface area contributed by atoms with Gasteiger partial charge in [0.15, 0.2) is 0 Å². The molecule has 4 nitrogen and oxygen atoms in total. The summed E-state index contributed by atoms with van der Waals surface area (Å²) in [6, 6.07) is 0.600. The molecule has 2 fully saturated rings. The predicted molar refractivity (Wildman–Crippen MR) is 73.3 cm³/mol. The van der Waals surface area contributed by atoms with E-state index in [9.17, 15) is 4.79 Å². The molecule has 1 saturated carbocycles. The summed E-state index contributed by atoms with van der Waals surface area (Å²) < 4.78 is 0. The first-order chi connectivity index (χ1) is 8.44. The Bertz CT molecular complexity index is 316. The van der Waals surface area contributed by atoms with Gasteiger partial charge in [-0.15, -0.1) is 0 Å². The number of nitrogens with zero attached hydrogens (tertiary/aromatic N) is 2. The summed E-state index contributed by atoms with van der Waals surface area (Å²) in [5.41, 5.74) is 5.94. The maximum absolute atomic E-state index is 12.3. The zero-order valence-corrected chi connectivity index (χ0v) is 12.0. The number of carbonyl (C=O) groups excluding carboxylic acids is 1. The molecule has 2 atom stereocenters. The van der Waals surface area contributed by atoms with Gasteiger partial charge >= 0.3 is 0 Å². The Kier molecular flexibility index (Phi) is 3.97. The molecule has 0 aromatic rings. The highest BCUT2D eigenvalue weighted by molar-refractivity contribution is 5.86. The van der Waals surface area contributed by atoms with Gasteiger partial charge in [0.2, 0.25) is 5.91 Å². The maximum atomic E-state index is 12.3. The van der Waals surface area contributed by atoms with Gasteiger partial charge in [-0.1, -0.05) is 19.3 Å². The largest absolute Gasteiger partial charge is 0.343 e. The smallest absolute Gasteiger partial charge is 0.242 e. The fraction of sp³-hybridized carbons (Fsp3) is 0.929. The molecule has 1 amide bonds. The van der Waals surface area contributed by atoms with Crippen LogP contribution in [0.5, 0.6) is 0 Å². The Labute approximate surface area is 110 Å². The highest BCUT2D eigenvalue weighted by Crippen LogP contribution is 2.30. The summed E-state index contributed by atoms with van der Waals surface area (Å²) >= 11 is 0. The van der Waals surface area contributed by atoms with Gasteiger partial charge in [-0.05, 0) is 26.7 Å². The topological polar surface area (TPSA) is 49.6 Å². The molecule has 1 saturated heterocycles. The third kappa shape index (κ3) is 2.41. The van der Waals surface area contributed by atoms with E-state index in [0.29, 0.717) is 6.04 Å². The second kappa shape index (κ2) is 5.17. The molecule has 104 valence electrons. The summed E-state index contributed by atoms with van der Waals surface area (Å²) in [7, 11) is 1.90. The fourth-order valence-electron chi connectivity index (χ4n) is 3.51. The minimum atomic E-state index is -0.403. The van der Waals surface area contributed by atoms with Crippen LogP contribution in [0.1, 0.15) is 46.0 Å². The fourth-order valence-corrected chi connectivity index (χ4v) is 3.51. The summed E-state index contributed by atoms with van der Waals surface area (Å²) in [6.07, 6.45) is 6.00. The Hall–Kier alpha value is -0.610. The van der Waals surface area contributed by atoms with Gasteiger partial charge in [0.1, 0.15) is 0 Å². The molecule has 18 heavy (non-hydrogen) atoms. The summed E-state index contributed by atoms with van der Waals surface area (Å²) in [5.74, 6) is 0.227. The highest BCUT2D eigenvalue weighted by Gasteiger charge is 2.44. The molecule has 2 aliphatic rings. The normalized spacial score (nSPS) is 34.4. The van der Waals surface area contributed by atoms with Crippen molar-refractivity contribution in [2.45, 2.75) is 63.6 Å². The van der Waals surface area contributed by atoms with Gasteiger partial charge in [-0.2, -0.15) is 0 Å². The molecule has 0 aromatic carbocycles. The highest BCUT2D eigenvalue weighted by atomic mass is 16.2. The van der Waals surface area contributed by atoms with Gasteiger partial charge in [-0.25, -0.2) is 0 Å². The van der Waals surface area contributed by atoms with E-state index in [1.54, 1.807) is 0 Å². The van der Waals surface area contributed by atoms with Crippen molar-refractivity contribution in [2.75, 3.05) is 20.1 Å². The molecule has 1 heterocycles. The lowest BCUT2D eigenvalue weighted by atomic mass is 9.91. The van der Waals surface area contributed by atoms with Crippen molar-refractivity contribution >= 4 is 5.91 Å². The number of rotatable bonds is 1. The van der Waals surface area contributed by atoms with Crippen LogP contribution in [-0.4, -0.2) is 53.5 Å². The number of amides is 1. The Balaban J connectivity index is 2.18. The van der Waals surface area contributed by atoms with Crippen LogP contribution >= 0.6 is 0 Å². The van der Waals surface area contributed by atoms with Crippen LogP contribution in [0.2, 0.25) is 0 Å². The molecular formula is C14H27N3O. The summed E-state index contributed by atoms with van der Waals surface area (Å²) in [4.78, 5) is 16.5. The molecule has 0 bridgehead atoms. The van der Waals surface area contributed by atoms with Gasteiger partial charge in [0.25, 0.3) is 0 Å². The van der Waals surface area contributed by atoms with Gasteiger partial charge in [-0.3, -0.25) is 9.69 Å². The lowest BCUT2D eigenvalue weighted by Gasteiger charge is -2.49. The number of hydrogen-bond donors (Lipinski definition) is 1. The van der Waals surface area contributed by atoms with Crippen molar-refractivity contribution < 1.29 is 4.79 Å². The van der Waals surface area contributed by atoms with Crippen LogP contribution in [0.4, 0.5) is 0 Å². The van der Waals surface area contributed by atoms with Crippen LogP contribution in [0, 0.1) is 0 Å². The SMILES string of the molecule is CN1CCN(C2CCCCCC2N)C(C)(C)C1=O. The molecule has 0 radical (unpaired) electrons. The maximum Gasteiger partial charge on any atom is 0.242 e. The molecule has 2 N–H and O–H groups in total. The van der Waals surface area contributed by atoms with E-state index in [1.165, 1.54) is 19.3 Å². The number of likely N-dealkylation sites (N-methyl/N-ethyl adjacent to an activating group) is 1. The van der Waals surface area contributed by atoms with E-state index in [4.69, 9.17) is 5.73 Å².